The molecular weight excluding hydrogens is 536 g/mol. The number of nitrogens with zero attached hydrogens (tertiary/aromatic N) is 8. The summed E-state index contributed by atoms with van der Waals surface area (Å²) < 4.78 is 0. The van der Waals surface area contributed by atoms with E-state index in [0.717, 1.165) is 11.1 Å². The molecule has 0 unspecified atom stereocenters. The molecule has 0 spiro atoms. The van der Waals surface area contributed by atoms with Crippen LogP contribution in [0.25, 0.3) is 11.0 Å². The monoisotopic (exact) mass is 576 g/mol. The van der Waals surface area contributed by atoms with Crippen molar-refractivity contribution in [2.24, 2.45) is 0 Å². The van der Waals surface area contributed by atoms with Gasteiger partial charge in [-0.2, -0.15) is 9.97 Å². The molecule has 4 rings (SSSR count). The zero-order valence-electron chi connectivity index (χ0n) is 24.2. The van der Waals surface area contributed by atoms with Gasteiger partial charge in [-0.25, -0.2) is 9.97 Å². The zero-order chi connectivity index (χ0) is 29.9. The first-order valence-corrected chi connectivity index (χ1v) is 14.0. The molecule has 0 bridgehead atoms. The minimum atomic E-state index is -0.135. The normalized spacial score (nSPS) is 11.1. The topological polar surface area (TPSA) is 145 Å². The van der Waals surface area contributed by atoms with E-state index < -0.39 is 0 Å². The van der Waals surface area contributed by atoms with E-state index in [1.54, 1.807) is 9.80 Å². The fourth-order valence-corrected chi connectivity index (χ4v) is 4.75. The summed E-state index contributed by atoms with van der Waals surface area (Å²) in [7, 11) is 3.85. The van der Waals surface area contributed by atoms with Gasteiger partial charge in [0.05, 0.1) is 26.4 Å². The number of anilines is 4. The number of fused-ring (bicyclic) bond motifs is 1. The lowest BCUT2D eigenvalue weighted by Gasteiger charge is -2.28. The van der Waals surface area contributed by atoms with Gasteiger partial charge in [0.25, 0.3) is 0 Å². The Morgan fingerprint density at radius 1 is 0.500 bits per heavy atom. The van der Waals surface area contributed by atoms with Crippen LogP contribution in [0, 0.1) is 0 Å². The first-order valence-electron chi connectivity index (χ1n) is 14.0. The maximum absolute atomic E-state index is 9.75. The van der Waals surface area contributed by atoms with Crippen molar-refractivity contribution in [3.05, 3.63) is 71.8 Å². The summed E-state index contributed by atoms with van der Waals surface area (Å²) in [6, 6.07) is 20.0. The van der Waals surface area contributed by atoms with Crippen molar-refractivity contribution in [1.82, 2.24) is 19.9 Å². The van der Waals surface area contributed by atoms with Crippen LogP contribution in [-0.4, -0.2) is 107 Å². The van der Waals surface area contributed by atoms with Crippen molar-refractivity contribution in [1.29, 1.82) is 0 Å². The van der Waals surface area contributed by atoms with Gasteiger partial charge < -0.3 is 40.0 Å². The Bertz CT molecular complexity index is 1280. The van der Waals surface area contributed by atoms with Gasteiger partial charge in [-0.15, -0.1) is 0 Å². The first-order chi connectivity index (χ1) is 20.5. The summed E-state index contributed by atoms with van der Waals surface area (Å²) in [4.78, 5) is 27.0. The van der Waals surface area contributed by atoms with Gasteiger partial charge >= 0.3 is 0 Å². The number of aromatic nitrogens is 4. The Kier molecular flexibility index (Phi) is 11.2. The zero-order valence-corrected chi connectivity index (χ0v) is 24.2. The molecule has 0 amide bonds. The van der Waals surface area contributed by atoms with E-state index in [2.05, 4.69) is 0 Å². The average molecular weight is 577 g/mol. The SMILES string of the molecule is CN(Cc1ccccc1)c1nc(N(CCO)CCO)nc2c(N(C)Cc3ccccc3)nc(N(CCO)CCO)nc12. The average Bonchev–Trinajstić information content (AvgIpc) is 3.00. The van der Waals surface area contributed by atoms with Crippen LogP contribution >= 0.6 is 0 Å². The molecule has 0 fully saturated rings. The van der Waals surface area contributed by atoms with Crippen LogP contribution in [-0.2, 0) is 13.1 Å². The largest absolute Gasteiger partial charge is 0.395 e. The summed E-state index contributed by atoms with van der Waals surface area (Å²) in [5.41, 5.74) is 3.17. The molecule has 0 aliphatic carbocycles. The quantitative estimate of drug-likeness (QED) is 0.152. The molecule has 0 aliphatic heterocycles. The van der Waals surface area contributed by atoms with E-state index in [-0.39, 0.29) is 52.6 Å². The molecule has 224 valence electrons. The van der Waals surface area contributed by atoms with Crippen LogP contribution in [0.1, 0.15) is 11.1 Å². The van der Waals surface area contributed by atoms with Gasteiger partial charge in [0, 0.05) is 53.4 Å². The smallest absolute Gasteiger partial charge is 0.228 e. The number of benzene rings is 2. The van der Waals surface area contributed by atoms with Crippen molar-refractivity contribution in [3.63, 3.8) is 0 Å². The number of aliphatic hydroxyl groups is 4. The first kappa shape index (κ1) is 30.8. The standard InChI is InChI=1S/C30H40N8O4/c1-35(21-23-9-5-3-6-10-23)27-25-26(32-29(33-27)37(13-17-39)14-18-40)28(36(2)22-24-11-7-4-8-12-24)34-30(31-25)38(15-19-41)16-20-42/h3-12,39-42H,13-22H2,1-2H3. The molecule has 2 aromatic carbocycles. The lowest BCUT2D eigenvalue weighted by molar-refractivity contribution is 0.279. The second-order valence-corrected chi connectivity index (χ2v) is 9.94. The summed E-state index contributed by atoms with van der Waals surface area (Å²) in [5.74, 6) is 1.78. The second-order valence-electron chi connectivity index (χ2n) is 9.94. The highest BCUT2D eigenvalue weighted by Crippen LogP contribution is 2.33. The maximum atomic E-state index is 9.75. The van der Waals surface area contributed by atoms with Crippen molar-refractivity contribution >= 4 is 34.6 Å². The van der Waals surface area contributed by atoms with Crippen LogP contribution in [0.4, 0.5) is 23.5 Å². The van der Waals surface area contributed by atoms with Crippen LogP contribution in [0.2, 0.25) is 0 Å². The molecule has 12 nitrogen and oxygen atoms in total. The molecule has 4 N–H and O–H groups in total. The van der Waals surface area contributed by atoms with Crippen LogP contribution in [0.15, 0.2) is 60.7 Å². The Balaban J connectivity index is 1.95. The molecule has 4 aromatic rings. The van der Waals surface area contributed by atoms with Crippen molar-refractivity contribution in [2.45, 2.75) is 13.1 Å². The fraction of sp³-hybridized carbons (Fsp3) is 0.400. The fourth-order valence-electron chi connectivity index (χ4n) is 4.75. The molecule has 0 saturated carbocycles. The lowest BCUT2D eigenvalue weighted by Crippen LogP contribution is -2.33. The van der Waals surface area contributed by atoms with E-state index >= 15 is 0 Å². The number of hydrogen-bond donors (Lipinski definition) is 4. The van der Waals surface area contributed by atoms with E-state index in [0.29, 0.717) is 47.7 Å². The molecule has 12 heteroatoms. The number of rotatable bonds is 16. The maximum Gasteiger partial charge on any atom is 0.228 e. The predicted molar refractivity (Wildman–Crippen MR) is 165 cm³/mol. The van der Waals surface area contributed by atoms with E-state index in [1.165, 1.54) is 0 Å². The third-order valence-corrected chi connectivity index (χ3v) is 6.78. The highest BCUT2D eigenvalue weighted by atomic mass is 16.3. The molecule has 0 atom stereocenters. The van der Waals surface area contributed by atoms with Crippen molar-refractivity contribution in [2.75, 3.05) is 86.3 Å². The summed E-state index contributed by atoms with van der Waals surface area (Å²) >= 11 is 0. The predicted octanol–water partition coefficient (Wildman–Crippen LogP) is 1.27. The molecule has 42 heavy (non-hydrogen) atoms. The summed E-state index contributed by atoms with van der Waals surface area (Å²) in [6.07, 6.45) is 0. The minimum Gasteiger partial charge on any atom is -0.395 e. The number of aliphatic hydroxyl groups excluding tert-OH is 4. The Hall–Kier alpha value is -4.10. The summed E-state index contributed by atoms with van der Waals surface area (Å²) in [6.45, 7) is 1.50. The molecule has 2 aromatic heterocycles. The molecule has 0 radical (unpaired) electrons. The Morgan fingerprint density at radius 2 is 0.833 bits per heavy atom. The molecule has 2 heterocycles. The van der Waals surface area contributed by atoms with Crippen LogP contribution < -0.4 is 19.6 Å². The lowest BCUT2D eigenvalue weighted by atomic mass is 10.2. The van der Waals surface area contributed by atoms with Crippen molar-refractivity contribution < 1.29 is 20.4 Å². The van der Waals surface area contributed by atoms with Gasteiger partial charge in [0.1, 0.15) is 11.0 Å². The van der Waals surface area contributed by atoms with Gasteiger partial charge in [0.15, 0.2) is 11.6 Å². The third kappa shape index (κ3) is 7.59. The van der Waals surface area contributed by atoms with Gasteiger partial charge in [0.2, 0.25) is 11.9 Å². The van der Waals surface area contributed by atoms with Crippen molar-refractivity contribution in [3.8, 4) is 0 Å². The van der Waals surface area contributed by atoms with E-state index in [1.807, 2.05) is 84.6 Å². The third-order valence-electron chi connectivity index (χ3n) is 6.78. The van der Waals surface area contributed by atoms with Gasteiger partial charge in [-0.05, 0) is 11.1 Å². The van der Waals surface area contributed by atoms with E-state index in [9.17, 15) is 20.4 Å². The Labute approximate surface area is 246 Å². The Morgan fingerprint density at radius 3 is 1.14 bits per heavy atom. The molecular formula is C30H40N8O4. The highest BCUT2D eigenvalue weighted by Gasteiger charge is 2.24. The number of hydrogen-bond acceptors (Lipinski definition) is 12. The molecule has 0 saturated heterocycles. The van der Waals surface area contributed by atoms with E-state index in [4.69, 9.17) is 19.9 Å². The second kappa shape index (κ2) is 15.2. The minimum absolute atomic E-state index is 0.135. The van der Waals surface area contributed by atoms with Crippen LogP contribution in [0.3, 0.4) is 0 Å². The van der Waals surface area contributed by atoms with Gasteiger partial charge in [-0.1, -0.05) is 60.7 Å². The van der Waals surface area contributed by atoms with Gasteiger partial charge in [-0.3, -0.25) is 0 Å². The molecule has 0 aliphatic rings. The van der Waals surface area contributed by atoms with Crippen LogP contribution in [0.5, 0.6) is 0 Å². The summed E-state index contributed by atoms with van der Waals surface area (Å²) in [5, 5.41) is 39.0. The highest BCUT2D eigenvalue weighted by molar-refractivity contribution is 5.95.